The van der Waals surface area contributed by atoms with Crippen molar-refractivity contribution in [3.05, 3.63) is 79.5 Å². The quantitative estimate of drug-likeness (QED) is 0.427. The minimum atomic E-state index is -0.583. The highest BCUT2D eigenvalue weighted by atomic mass is 35.5. The Kier molecular flexibility index (Phi) is 6.03. The summed E-state index contributed by atoms with van der Waals surface area (Å²) in [4.78, 5) is 22.6. The van der Waals surface area contributed by atoms with E-state index >= 15 is 0 Å². The largest absolute Gasteiger partial charge is 0.470 e. The monoisotopic (exact) mass is 440 g/mol. The number of nitro benzene ring substituents is 1. The first kappa shape index (κ1) is 19.9. The second-order valence-electron chi connectivity index (χ2n) is 5.46. The van der Waals surface area contributed by atoms with Gasteiger partial charge in [0.15, 0.2) is 12.4 Å². The number of carbonyl (C=O) groups is 1. The molecule has 0 fully saturated rings. The summed E-state index contributed by atoms with van der Waals surface area (Å²) in [7, 11) is 0. The third-order valence-electron chi connectivity index (χ3n) is 3.53. The maximum atomic E-state index is 12.3. The van der Waals surface area contributed by atoms with Crippen LogP contribution in [0, 0.1) is 10.1 Å². The van der Waals surface area contributed by atoms with Gasteiger partial charge in [-0.2, -0.15) is 5.10 Å². The lowest BCUT2D eigenvalue weighted by Crippen LogP contribution is -2.14. The second kappa shape index (κ2) is 8.47. The number of amides is 1. The van der Waals surface area contributed by atoms with Crippen LogP contribution in [0.5, 0.6) is 5.75 Å². The van der Waals surface area contributed by atoms with E-state index in [2.05, 4.69) is 10.4 Å². The van der Waals surface area contributed by atoms with Crippen LogP contribution in [0.1, 0.15) is 10.5 Å². The van der Waals surface area contributed by atoms with E-state index in [1.807, 2.05) is 0 Å². The zero-order chi connectivity index (χ0) is 20.3. The van der Waals surface area contributed by atoms with Gasteiger partial charge in [0.25, 0.3) is 11.6 Å². The third-order valence-corrected chi connectivity index (χ3v) is 4.39. The van der Waals surface area contributed by atoms with Gasteiger partial charge in [-0.3, -0.25) is 14.9 Å². The van der Waals surface area contributed by atoms with E-state index in [0.717, 1.165) is 0 Å². The first-order valence-corrected chi connectivity index (χ1v) is 8.83. The Labute approximate surface area is 173 Å². The molecule has 0 unspecified atom stereocenters. The van der Waals surface area contributed by atoms with Crippen LogP contribution in [0.25, 0.3) is 0 Å². The Morgan fingerprint density at radius 3 is 2.64 bits per heavy atom. The maximum Gasteiger partial charge on any atom is 0.276 e. The number of nitrogens with one attached hydrogen (secondary N) is 1. The molecule has 0 atom stereocenters. The van der Waals surface area contributed by atoms with Gasteiger partial charge in [-0.15, -0.1) is 0 Å². The van der Waals surface area contributed by atoms with Crippen molar-refractivity contribution in [2.24, 2.45) is 0 Å². The Morgan fingerprint density at radius 1 is 1.14 bits per heavy atom. The van der Waals surface area contributed by atoms with Crippen molar-refractivity contribution >= 4 is 52.1 Å². The summed E-state index contributed by atoms with van der Waals surface area (Å²) in [6, 6.07) is 10.0. The number of aromatic nitrogens is 2. The Hall–Kier alpha value is -2.81. The predicted molar refractivity (Wildman–Crippen MR) is 105 cm³/mol. The van der Waals surface area contributed by atoms with Crippen LogP contribution in [0.2, 0.25) is 15.1 Å². The standard InChI is InChI=1S/C17H11Cl3N4O4/c18-10-1-4-16(13(20)7-10)28-9-23-6-5-14(22-23)17(25)21-15-8-11(24(26)27)2-3-12(15)19/h1-8H,9H2,(H,21,25). The fourth-order valence-corrected chi connectivity index (χ4v) is 2.82. The number of halogens is 3. The average molecular weight is 442 g/mol. The predicted octanol–water partition coefficient (Wildman–Crippen LogP) is 5.04. The summed E-state index contributed by atoms with van der Waals surface area (Å²) >= 11 is 17.8. The van der Waals surface area contributed by atoms with Crippen LogP contribution in [-0.2, 0) is 6.73 Å². The highest BCUT2D eigenvalue weighted by molar-refractivity contribution is 6.35. The maximum absolute atomic E-state index is 12.3. The minimum Gasteiger partial charge on any atom is -0.470 e. The van der Waals surface area contributed by atoms with Gasteiger partial charge < -0.3 is 10.1 Å². The molecule has 0 aliphatic carbocycles. The number of rotatable bonds is 6. The molecule has 0 saturated heterocycles. The molecule has 0 saturated carbocycles. The van der Waals surface area contributed by atoms with Crippen LogP contribution < -0.4 is 10.1 Å². The van der Waals surface area contributed by atoms with Crippen molar-refractivity contribution in [3.8, 4) is 5.75 Å². The molecule has 0 aliphatic heterocycles. The molecule has 1 amide bonds. The molecular formula is C17H11Cl3N4O4. The fraction of sp³-hybridized carbons (Fsp3) is 0.0588. The van der Waals surface area contributed by atoms with E-state index in [-0.39, 0.29) is 28.8 Å². The van der Waals surface area contributed by atoms with Crippen LogP contribution in [0.4, 0.5) is 11.4 Å². The summed E-state index contributed by atoms with van der Waals surface area (Å²) < 4.78 is 6.92. The molecule has 0 radical (unpaired) electrons. The van der Waals surface area contributed by atoms with E-state index < -0.39 is 10.8 Å². The zero-order valence-corrected chi connectivity index (χ0v) is 16.2. The first-order valence-electron chi connectivity index (χ1n) is 7.70. The smallest absolute Gasteiger partial charge is 0.276 e. The molecular weight excluding hydrogens is 431 g/mol. The van der Waals surface area contributed by atoms with Gasteiger partial charge in [0.1, 0.15) is 5.75 Å². The van der Waals surface area contributed by atoms with Crippen molar-refractivity contribution in [1.82, 2.24) is 9.78 Å². The summed E-state index contributed by atoms with van der Waals surface area (Å²) in [5, 5.41) is 18.4. The van der Waals surface area contributed by atoms with E-state index in [4.69, 9.17) is 39.5 Å². The van der Waals surface area contributed by atoms with E-state index in [9.17, 15) is 14.9 Å². The van der Waals surface area contributed by atoms with Crippen molar-refractivity contribution in [2.75, 3.05) is 5.32 Å². The average Bonchev–Trinajstić information content (AvgIpc) is 3.12. The first-order chi connectivity index (χ1) is 13.3. The summed E-state index contributed by atoms with van der Waals surface area (Å²) in [5.74, 6) is -0.165. The molecule has 28 heavy (non-hydrogen) atoms. The Bertz CT molecular complexity index is 1050. The topological polar surface area (TPSA) is 99.3 Å². The van der Waals surface area contributed by atoms with Crippen molar-refractivity contribution in [3.63, 3.8) is 0 Å². The fourth-order valence-electron chi connectivity index (χ4n) is 2.19. The lowest BCUT2D eigenvalue weighted by atomic mass is 10.2. The minimum absolute atomic E-state index is 0.00615. The van der Waals surface area contributed by atoms with E-state index in [1.165, 1.54) is 35.1 Å². The number of benzene rings is 2. The molecule has 0 spiro atoms. The van der Waals surface area contributed by atoms with Crippen molar-refractivity contribution < 1.29 is 14.5 Å². The van der Waals surface area contributed by atoms with Gasteiger partial charge in [0, 0.05) is 23.4 Å². The van der Waals surface area contributed by atoms with Gasteiger partial charge in [0.05, 0.1) is 20.7 Å². The number of carbonyl (C=O) groups excluding carboxylic acids is 1. The highest BCUT2D eigenvalue weighted by Gasteiger charge is 2.15. The third kappa shape index (κ3) is 4.72. The number of nitro groups is 1. The lowest BCUT2D eigenvalue weighted by molar-refractivity contribution is -0.384. The van der Waals surface area contributed by atoms with Gasteiger partial charge in [-0.25, -0.2) is 4.68 Å². The molecule has 144 valence electrons. The number of nitrogens with zero attached hydrogens (tertiary/aromatic N) is 3. The SMILES string of the molecule is O=C(Nc1cc([N+](=O)[O-])ccc1Cl)c1ccn(COc2ccc(Cl)cc2Cl)n1. The van der Waals surface area contributed by atoms with Crippen LogP contribution in [-0.4, -0.2) is 20.6 Å². The number of hydrogen-bond acceptors (Lipinski definition) is 5. The summed E-state index contributed by atoms with van der Waals surface area (Å²) in [6.45, 7) is 0.00615. The number of non-ortho nitro benzene ring substituents is 1. The highest BCUT2D eigenvalue weighted by Crippen LogP contribution is 2.28. The van der Waals surface area contributed by atoms with Crippen LogP contribution in [0.3, 0.4) is 0 Å². The van der Waals surface area contributed by atoms with Gasteiger partial charge >= 0.3 is 0 Å². The number of hydrogen-bond donors (Lipinski definition) is 1. The molecule has 3 aromatic rings. The summed E-state index contributed by atoms with van der Waals surface area (Å²) in [5.41, 5.74) is -0.00791. The zero-order valence-electron chi connectivity index (χ0n) is 13.9. The van der Waals surface area contributed by atoms with Crippen LogP contribution in [0.15, 0.2) is 48.7 Å². The van der Waals surface area contributed by atoms with Crippen molar-refractivity contribution in [1.29, 1.82) is 0 Å². The molecule has 11 heteroatoms. The van der Waals surface area contributed by atoms with Gasteiger partial charge in [-0.1, -0.05) is 34.8 Å². The molecule has 1 aromatic heterocycles. The Balaban J connectivity index is 1.67. The second-order valence-corrected chi connectivity index (χ2v) is 6.71. The molecule has 3 rings (SSSR count). The van der Waals surface area contributed by atoms with Crippen LogP contribution >= 0.6 is 34.8 Å². The van der Waals surface area contributed by atoms with Gasteiger partial charge in [0.2, 0.25) is 0 Å². The molecule has 0 bridgehead atoms. The van der Waals surface area contributed by atoms with Crippen molar-refractivity contribution in [2.45, 2.75) is 6.73 Å². The molecule has 1 N–H and O–H groups in total. The number of anilines is 1. The molecule has 0 aliphatic rings. The summed E-state index contributed by atoms with van der Waals surface area (Å²) in [6.07, 6.45) is 1.54. The van der Waals surface area contributed by atoms with E-state index in [0.29, 0.717) is 15.8 Å². The lowest BCUT2D eigenvalue weighted by Gasteiger charge is -2.08. The molecule has 1 heterocycles. The molecule has 8 nitrogen and oxygen atoms in total. The number of ether oxygens (including phenoxy) is 1. The van der Waals surface area contributed by atoms with E-state index in [1.54, 1.807) is 18.2 Å². The van der Waals surface area contributed by atoms with Gasteiger partial charge in [-0.05, 0) is 30.3 Å². The molecule has 2 aromatic carbocycles. The normalized spacial score (nSPS) is 10.5. The Morgan fingerprint density at radius 2 is 1.93 bits per heavy atom.